The van der Waals surface area contributed by atoms with Crippen molar-refractivity contribution in [3.05, 3.63) is 23.6 Å². The molecule has 1 aromatic carbocycles. The zero-order valence-electron chi connectivity index (χ0n) is 12.7. The summed E-state index contributed by atoms with van der Waals surface area (Å²) < 4.78 is 10.2. The molecule has 0 radical (unpaired) electrons. The second-order valence-electron chi connectivity index (χ2n) is 4.81. The van der Waals surface area contributed by atoms with Crippen molar-refractivity contribution in [3.8, 4) is 17.0 Å². The number of fused-ring (bicyclic) bond motifs is 1. The van der Waals surface area contributed by atoms with E-state index in [-0.39, 0.29) is 12.5 Å². The maximum absolute atomic E-state index is 11.7. The number of ether oxygens (including phenoxy) is 2. The molecule has 1 aliphatic rings. The van der Waals surface area contributed by atoms with Gasteiger partial charge in [0.05, 0.1) is 18.0 Å². The Balaban J connectivity index is 1.84. The maximum Gasteiger partial charge on any atom is 0.413 e. The van der Waals surface area contributed by atoms with Crippen molar-refractivity contribution in [3.63, 3.8) is 0 Å². The lowest BCUT2D eigenvalue weighted by molar-refractivity contribution is -0.120. The topological polar surface area (TPSA) is 80.8 Å². The highest BCUT2D eigenvalue weighted by molar-refractivity contribution is 7.14. The van der Waals surface area contributed by atoms with Gasteiger partial charge in [-0.3, -0.25) is 10.1 Å². The van der Waals surface area contributed by atoms with Gasteiger partial charge < -0.3 is 14.4 Å². The molecule has 0 fully saturated rings. The summed E-state index contributed by atoms with van der Waals surface area (Å²) in [6.45, 7) is 2.09. The molecule has 2 amide bonds. The standard InChI is InChI=1S/C15H15N3O4S/c1-3-21-15(20)17-14-16-10(8-23-14)9-4-5-12-11(6-9)18(2)13(19)7-22-12/h4-6,8H,3,7H2,1-2H3,(H,16,17,20). The predicted molar refractivity (Wildman–Crippen MR) is 87.1 cm³/mol. The number of amides is 2. The molecule has 23 heavy (non-hydrogen) atoms. The second-order valence-corrected chi connectivity index (χ2v) is 5.67. The van der Waals surface area contributed by atoms with Crippen LogP contribution in [0, 0.1) is 0 Å². The van der Waals surface area contributed by atoms with Crippen molar-refractivity contribution in [2.45, 2.75) is 6.92 Å². The Morgan fingerprint density at radius 1 is 1.52 bits per heavy atom. The fourth-order valence-electron chi connectivity index (χ4n) is 2.15. The molecule has 3 rings (SSSR count). The molecule has 0 unspecified atom stereocenters. The zero-order valence-corrected chi connectivity index (χ0v) is 13.5. The summed E-state index contributed by atoms with van der Waals surface area (Å²) >= 11 is 1.30. The van der Waals surface area contributed by atoms with Crippen LogP contribution in [0.5, 0.6) is 5.75 Å². The van der Waals surface area contributed by atoms with Crippen LogP contribution in [0.1, 0.15) is 6.92 Å². The highest BCUT2D eigenvalue weighted by atomic mass is 32.1. The lowest BCUT2D eigenvalue weighted by Gasteiger charge is -2.26. The van der Waals surface area contributed by atoms with Crippen LogP contribution >= 0.6 is 11.3 Å². The summed E-state index contributed by atoms with van der Waals surface area (Å²) in [6, 6.07) is 5.52. The third kappa shape index (κ3) is 3.11. The summed E-state index contributed by atoms with van der Waals surface area (Å²) in [7, 11) is 1.71. The fourth-order valence-corrected chi connectivity index (χ4v) is 2.86. The number of thiazole rings is 1. The van der Waals surface area contributed by atoms with Gasteiger partial charge in [0.2, 0.25) is 0 Å². The molecule has 2 heterocycles. The van der Waals surface area contributed by atoms with E-state index in [2.05, 4.69) is 10.3 Å². The first-order valence-corrected chi connectivity index (χ1v) is 7.89. The number of hydrogen-bond acceptors (Lipinski definition) is 6. The Labute approximate surface area is 136 Å². The average Bonchev–Trinajstić information content (AvgIpc) is 2.99. The van der Waals surface area contributed by atoms with E-state index in [1.54, 1.807) is 18.9 Å². The number of carbonyl (C=O) groups is 2. The van der Waals surface area contributed by atoms with Crippen molar-refractivity contribution in [1.82, 2.24) is 4.98 Å². The van der Waals surface area contributed by atoms with Crippen LogP contribution in [0.25, 0.3) is 11.3 Å². The zero-order chi connectivity index (χ0) is 16.4. The van der Waals surface area contributed by atoms with Gasteiger partial charge in [0, 0.05) is 18.0 Å². The normalized spacial score (nSPS) is 13.3. The molecular formula is C15H15N3O4S. The van der Waals surface area contributed by atoms with Gasteiger partial charge in [-0.2, -0.15) is 0 Å². The minimum Gasteiger partial charge on any atom is -0.482 e. The second kappa shape index (κ2) is 6.25. The molecule has 1 aliphatic heterocycles. The minimum absolute atomic E-state index is 0.0488. The number of likely N-dealkylation sites (N-methyl/N-ethyl adjacent to an activating group) is 1. The van der Waals surface area contributed by atoms with Gasteiger partial charge in [0.25, 0.3) is 5.91 Å². The predicted octanol–water partition coefficient (Wildman–Crippen LogP) is 2.73. The van der Waals surface area contributed by atoms with Gasteiger partial charge in [-0.05, 0) is 25.1 Å². The van der Waals surface area contributed by atoms with Crippen LogP contribution in [-0.2, 0) is 9.53 Å². The molecule has 120 valence electrons. The van der Waals surface area contributed by atoms with E-state index in [1.165, 1.54) is 11.3 Å². The molecule has 0 bridgehead atoms. The number of benzene rings is 1. The number of hydrogen-bond donors (Lipinski definition) is 1. The lowest BCUT2D eigenvalue weighted by atomic mass is 10.1. The molecule has 7 nitrogen and oxygen atoms in total. The molecule has 1 N–H and O–H groups in total. The molecule has 0 spiro atoms. The van der Waals surface area contributed by atoms with Crippen molar-refractivity contribution >= 4 is 34.2 Å². The van der Waals surface area contributed by atoms with E-state index >= 15 is 0 Å². The summed E-state index contributed by atoms with van der Waals surface area (Å²) in [5.74, 6) is 0.563. The minimum atomic E-state index is -0.530. The van der Waals surface area contributed by atoms with E-state index in [9.17, 15) is 9.59 Å². The maximum atomic E-state index is 11.7. The van der Waals surface area contributed by atoms with Crippen molar-refractivity contribution < 1.29 is 19.1 Å². The van der Waals surface area contributed by atoms with Crippen LogP contribution in [0.3, 0.4) is 0 Å². The highest BCUT2D eigenvalue weighted by Gasteiger charge is 2.22. The average molecular weight is 333 g/mol. The molecule has 1 aromatic heterocycles. The van der Waals surface area contributed by atoms with Gasteiger partial charge in [0.1, 0.15) is 5.75 Å². The summed E-state index contributed by atoms with van der Waals surface area (Å²) in [5.41, 5.74) is 2.24. The Morgan fingerprint density at radius 3 is 3.13 bits per heavy atom. The number of rotatable bonds is 3. The Morgan fingerprint density at radius 2 is 2.35 bits per heavy atom. The van der Waals surface area contributed by atoms with Gasteiger partial charge >= 0.3 is 6.09 Å². The SMILES string of the molecule is CCOC(=O)Nc1nc(-c2ccc3c(c2)N(C)C(=O)CO3)cs1. The first-order valence-electron chi connectivity index (χ1n) is 7.01. The third-order valence-electron chi connectivity index (χ3n) is 3.33. The Bertz CT molecular complexity index is 759. The van der Waals surface area contributed by atoms with E-state index in [0.717, 1.165) is 5.56 Å². The molecule has 0 saturated carbocycles. The molecule has 0 aliphatic carbocycles. The van der Waals surface area contributed by atoms with E-state index in [0.29, 0.717) is 28.9 Å². The summed E-state index contributed by atoms with van der Waals surface area (Å²) in [6.07, 6.45) is -0.530. The number of nitrogens with one attached hydrogen (secondary N) is 1. The number of carbonyl (C=O) groups excluding carboxylic acids is 2. The number of anilines is 2. The number of aromatic nitrogens is 1. The molecule has 2 aromatic rings. The van der Waals surface area contributed by atoms with Crippen LogP contribution in [0.2, 0.25) is 0 Å². The summed E-state index contributed by atoms with van der Waals surface area (Å²) in [5, 5.41) is 4.85. The number of nitrogens with zero attached hydrogens (tertiary/aromatic N) is 2. The van der Waals surface area contributed by atoms with Gasteiger partial charge in [-0.25, -0.2) is 9.78 Å². The molecule has 0 saturated heterocycles. The highest BCUT2D eigenvalue weighted by Crippen LogP contribution is 2.36. The van der Waals surface area contributed by atoms with E-state index in [1.807, 2.05) is 23.6 Å². The first-order chi connectivity index (χ1) is 11.1. The summed E-state index contributed by atoms with van der Waals surface area (Å²) in [4.78, 5) is 29.0. The van der Waals surface area contributed by atoms with Crippen LogP contribution in [0.15, 0.2) is 23.6 Å². The van der Waals surface area contributed by atoms with Crippen molar-refractivity contribution in [2.24, 2.45) is 0 Å². The monoisotopic (exact) mass is 333 g/mol. The Hall–Kier alpha value is -2.61. The molecular weight excluding hydrogens is 318 g/mol. The van der Waals surface area contributed by atoms with Crippen LogP contribution in [0.4, 0.5) is 15.6 Å². The first kappa shape index (κ1) is 15.3. The molecule has 0 atom stereocenters. The fraction of sp³-hybridized carbons (Fsp3) is 0.267. The smallest absolute Gasteiger partial charge is 0.413 e. The van der Waals surface area contributed by atoms with E-state index < -0.39 is 6.09 Å². The van der Waals surface area contributed by atoms with Crippen LogP contribution < -0.4 is 15.0 Å². The largest absolute Gasteiger partial charge is 0.482 e. The molecule has 8 heteroatoms. The van der Waals surface area contributed by atoms with E-state index in [4.69, 9.17) is 9.47 Å². The van der Waals surface area contributed by atoms with Gasteiger partial charge in [-0.15, -0.1) is 11.3 Å². The van der Waals surface area contributed by atoms with Crippen LogP contribution in [-0.4, -0.2) is 37.2 Å². The third-order valence-corrected chi connectivity index (χ3v) is 4.09. The van der Waals surface area contributed by atoms with Crippen molar-refractivity contribution in [1.29, 1.82) is 0 Å². The van der Waals surface area contributed by atoms with Crippen molar-refractivity contribution in [2.75, 3.05) is 30.5 Å². The quantitative estimate of drug-likeness (QED) is 0.934. The van der Waals surface area contributed by atoms with Gasteiger partial charge in [-0.1, -0.05) is 0 Å². The lowest BCUT2D eigenvalue weighted by Crippen LogP contribution is -2.35. The Kier molecular flexibility index (Phi) is 4.16. The van der Waals surface area contributed by atoms with Gasteiger partial charge in [0.15, 0.2) is 11.7 Å².